The van der Waals surface area contributed by atoms with E-state index < -0.39 is 36.3 Å². The van der Waals surface area contributed by atoms with Gasteiger partial charge in [-0.3, -0.25) is 4.79 Å². The van der Waals surface area contributed by atoms with Crippen LogP contribution in [0, 0.1) is 23.2 Å². The lowest BCUT2D eigenvalue weighted by Gasteiger charge is -2.64. The minimum Gasteiger partial charge on any atom is -0.496 e. The normalized spacial score (nSPS) is 30.3. The van der Waals surface area contributed by atoms with Crippen molar-refractivity contribution in [2.24, 2.45) is 23.2 Å². The van der Waals surface area contributed by atoms with Crippen LogP contribution in [0.4, 0.5) is 4.79 Å². The van der Waals surface area contributed by atoms with Crippen molar-refractivity contribution >= 4 is 25.1 Å². The number of hydrogen-bond donors (Lipinski definition) is 4. The average molecular weight is 670 g/mol. The molecule has 5 unspecified atom stereocenters. The fraction of sp³-hybridized carbons (Fsp3) is 0.750. The minimum atomic E-state index is -1.07. The largest absolute Gasteiger partial charge is 0.496 e. The van der Waals surface area contributed by atoms with Gasteiger partial charge in [-0.15, -0.1) is 0 Å². The maximum atomic E-state index is 13.7. The molecule has 0 radical (unpaired) electrons. The van der Waals surface area contributed by atoms with E-state index in [0.717, 1.165) is 38.5 Å². The van der Waals surface area contributed by atoms with E-state index in [9.17, 15) is 19.5 Å². The summed E-state index contributed by atoms with van der Waals surface area (Å²) in [5, 5.41) is 19.5. The maximum absolute atomic E-state index is 13.7. The van der Waals surface area contributed by atoms with Crippen LogP contribution >= 0.6 is 0 Å². The highest BCUT2D eigenvalue weighted by Crippen LogP contribution is 2.65. The van der Waals surface area contributed by atoms with E-state index in [1.807, 2.05) is 33.8 Å². The highest BCUT2D eigenvalue weighted by Gasteiger charge is 2.68. The Hall–Kier alpha value is -2.83. The number of hydrogen-bond acceptors (Lipinski definition) is 8. The lowest BCUT2D eigenvalue weighted by molar-refractivity contribution is -0.199. The van der Waals surface area contributed by atoms with Crippen LogP contribution in [-0.2, 0) is 25.3 Å². The van der Waals surface area contributed by atoms with E-state index >= 15 is 0 Å². The Morgan fingerprint density at radius 2 is 1.79 bits per heavy atom. The number of amides is 2. The molecule has 266 valence electrons. The molecule has 4 saturated carbocycles. The highest BCUT2D eigenvalue weighted by molar-refractivity contribution is 6.48. The fourth-order valence-corrected chi connectivity index (χ4v) is 8.68. The number of rotatable bonds is 12. The van der Waals surface area contributed by atoms with Gasteiger partial charge in [-0.2, -0.15) is 0 Å². The molecule has 1 aliphatic heterocycles. The summed E-state index contributed by atoms with van der Waals surface area (Å²) in [5.41, 5.74) is -0.0320. The van der Waals surface area contributed by atoms with E-state index in [-0.39, 0.29) is 40.7 Å². The molecule has 48 heavy (non-hydrogen) atoms. The Morgan fingerprint density at radius 1 is 1.08 bits per heavy atom. The lowest BCUT2D eigenvalue weighted by Crippen LogP contribution is -2.65. The molecule has 0 aromatic heterocycles. The molecule has 6 rings (SSSR count). The topological polar surface area (TPSA) is 144 Å². The maximum Gasteiger partial charge on any atom is 0.482 e. The first-order valence-corrected chi connectivity index (χ1v) is 17.7. The number of aromatic carboxylic acids is 1. The third kappa shape index (κ3) is 7.97. The second-order valence-electron chi connectivity index (χ2n) is 16.4. The highest BCUT2D eigenvalue weighted by atomic mass is 16.7. The van der Waals surface area contributed by atoms with Crippen LogP contribution in [0.2, 0.25) is 0 Å². The number of alkyl carbamates (subject to hydrolysis) is 1. The number of nitrogens with one attached hydrogen (secondary N) is 3. The molecule has 1 saturated heterocycles. The number of carbonyl (C=O) groups is 3. The molecule has 11 nitrogen and oxygen atoms in total. The van der Waals surface area contributed by atoms with Crippen LogP contribution in [0.1, 0.15) is 109 Å². The summed E-state index contributed by atoms with van der Waals surface area (Å²) in [4.78, 5) is 37.7. The van der Waals surface area contributed by atoms with E-state index in [1.54, 1.807) is 6.07 Å². The van der Waals surface area contributed by atoms with E-state index in [2.05, 4.69) is 36.7 Å². The van der Waals surface area contributed by atoms with Gasteiger partial charge in [0.15, 0.2) is 0 Å². The molecule has 1 aromatic carbocycles. The number of benzene rings is 1. The summed E-state index contributed by atoms with van der Waals surface area (Å²) < 4.78 is 24.3. The van der Waals surface area contributed by atoms with Crippen LogP contribution in [-0.4, -0.2) is 79.2 Å². The van der Waals surface area contributed by atoms with Crippen molar-refractivity contribution in [1.82, 2.24) is 16.0 Å². The van der Waals surface area contributed by atoms with E-state index in [4.69, 9.17) is 18.8 Å². The molecule has 4 aliphatic carbocycles. The predicted octanol–water partition coefficient (Wildman–Crippen LogP) is 5.14. The summed E-state index contributed by atoms with van der Waals surface area (Å²) in [6.45, 7) is 14.9. The van der Waals surface area contributed by atoms with Crippen molar-refractivity contribution < 1.29 is 38.3 Å². The van der Waals surface area contributed by atoms with Gasteiger partial charge < -0.3 is 39.8 Å². The van der Waals surface area contributed by atoms with Crippen molar-refractivity contribution in [3.05, 3.63) is 29.3 Å². The summed E-state index contributed by atoms with van der Waals surface area (Å²) in [6.07, 6.45) is 6.06. The third-order valence-electron chi connectivity index (χ3n) is 11.4. The monoisotopic (exact) mass is 669 g/mol. The zero-order valence-corrected chi connectivity index (χ0v) is 30.0. The Bertz CT molecular complexity index is 1340. The van der Waals surface area contributed by atoms with Gasteiger partial charge in [0.25, 0.3) is 0 Å². The number of ether oxygens (including phenoxy) is 2. The van der Waals surface area contributed by atoms with Crippen molar-refractivity contribution in [1.29, 1.82) is 0 Å². The van der Waals surface area contributed by atoms with Gasteiger partial charge in [0.1, 0.15) is 16.9 Å². The molecule has 1 heterocycles. The smallest absolute Gasteiger partial charge is 0.482 e. The first-order chi connectivity index (χ1) is 22.5. The van der Waals surface area contributed by atoms with Gasteiger partial charge in [-0.1, -0.05) is 26.0 Å². The summed E-state index contributed by atoms with van der Waals surface area (Å²) >= 11 is 0. The van der Waals surface area contributed by atoms with Crippen LogP contribution in [0.3, 0.4) is 0 Å². The molecule has 1 aromatic rings. The van der Waals surface area contributed by atoms with Gasteiger partial charge in [0.2, 0.25) is 5.91 Å². The molecule has 5 fully saturated rings. The molecular weight excluding hydrogens is 613 g/mol. The predicted molar refractivity (Wildman–Crippen MR) is 183 cm³/mol. The van der Waals surface area contributed by atoms with Crippen LogP contribution in [0.25, 0.3) is 0 Å². The Labute approximate surface area is 286 Å². The number of carboxylic acids is 1. The molecule has 5 aliphatic rings. The number of carbonyl (C=O) groups excluding carboxylic acids is 2. The molecular formula is C36H56BN3O8. The second-order valence-corrected chi connectivity index (χ2v) is 16.4. The summed E-state index contributed by atoms with van der Waals surface area (Å²) in [5.74, 6) is -0.133. The van der Waals surface area contributed by atoms with Crippen molar-refractivity contribution in [2.45, 2.75) is 135 Å². The second kappa shape index (κ2) is 14.2. The summed E-state index contributed by atoms with van der Waals surface area (Å²) in [7, 11) is 0.809. The number of methoxy groups -OCH3 is 1. The summed E-state index contributed by atoms with van der Waals surface area (Å²) in [6, 6.07) is 5.32. The third-order valence-corrected chi connectivity index (χ3v) is 11.4. The van der Waals surface area contributed by atoms with Crippen LogP contribution in [0.15, 0.2) is 18.2 Å². The molecule has 0 spiro atoms. The van der Waals surface area contributed by atoms with E-state index in [0.29, 0.717) is 42.8 Å². The van der Waals surface area contributed by atoms with Crippen LogP contribution in [0.5, 0.6) is 5.75 Å². The molecule has 12 heteroatoms. The lowest BCUT2D eigenvalue weighted by atomic mass is 9.43. The average Bonchev–Trinajstić information content (AvgIpc) is 3.36. The Morgan fingerprint density at radius 3 is 2.42 bits per heavy atom. The molecule has 2 bridgehead atoms. The van der Waals surface area contributed by atoms with Crippen molar-refractivity contribution in [2.75, 3.05) is 13.7 Å². The van der Waals surface area contributed by atoms with Gasteiger partial charge >= 0.3 is 19.2 Å². The SMILES string of the molecule is COc1c(C[C@H](NC(=O)CC2CCC(NCC(C)NC(=O)OC(C)(C)C)CC2)B2OC3CC4CC(C4(C)C)C3(C)O2)cccc1C(=O)O. The number of carboxylic acid groups (broad SMARTS) is 1. The fourth-order valence-electron chi connectivity index (χ4n) is 8.68. The number of para-hydroxylation sites is 1. The van der Waals surface area contributed by atoms with Crippen molar-refractivity contribution in [3.63, 3.8) is 0 Å². The van der Waals surface area contributed by atoms with Crippen LogP contribution < -0.4 is 20.7 Å². The molecule has 4 N–H and O–H groups in total. The molecule has 2 amide bonds. The van der Waals surface area contributed by atoms with Gasteiger partial charge in [-0.05, 0) is 114 Å². The zero-order valence-electron chi connectivity index (χ0n) is 30.0. The Balaban J connectivity index is 1.19. The standard InChI is InChI=1S/C36H56BN3O8/c1-21(39-33(44)46-34(2,3)4)20-38-25-14-12-22(13-15-25)16-30(41)40-29(17-23-10-9-11-26(32(42)43)31(23)45-8)37-47-28-19-24-18-27(35(24,5)6)36(28,7)48-37/h9-11,21-22,24-25,27-29,38H,12-20H2,1-8H3,(H,39,44)(H,40,41)(H,42,43)/t21?,22?,24?,25?,27?,28?,29-,36?/m0/s1. The van der Waals surface area contributed by atoms with Gasteiger partial charge in [-0.25, -0.2) is 9.59 Å². The Kier molecular flexibility index (Phi) is 10.8. The van der Waals surface area contributed by atoms with Crippen molar-refractivity contribution in [3.8, 4) is 5.75 Å². The first-order valence-electron chi connectivity index (χ1n) is 17.7. The minimum absolute atomic E-state index is 0.0456. The quantitative estimate of drug-likeness (QED) is 0.223. The zero-order chi connectivity index (χ0) is 35.0. The molecule has 6 atom stereocenters. The van der Waals surface area contributed by atoms with Gasteiger partial charge in [0, 0.05) is 25.0 Å². The first kappa shape index (κ1) is 36.5. The van der Waals surface area contributed by atoms with Gasteiger partial charge in [0.05, 0.1) is 24.8 Å². The van der Waals surface area contributed by atoms with E-state index in [1.165, 1.54) is 13.2 Å².